The summed E-state index contributed by atoms with van der Waals surface area (Å²) < 4.78 is 4.97. The molecule has 1 aromatic heterocycles. The monoisotopic (exact) mass is 307 g/mol. The van der Waals surface area contributed by atoms with E-state index in [0.717, 1.165) is 5.56 Å². The van der Waals surface area contributed by atoms with Gasteiger partial charge in [-0.15, -0.1) is 10.2 Å². The highest BCUT2D eigenvalue weighted by atomic mass is 35.5. The number of aromatic nitrogens is 2. The van der Waals surface area contributed by atoms with Gasteiger partial charge in [0.25, 0.3) is 0 Å². The Morgan fingerprint density at radius 1 is 1.24 bits per heavy atom. The third-order valence-corrected chi connectivity index (χ3v) is 2.60. The number of carboxylic acid groups (broad SMARTS) is 1. The first-order chi connectivity index (χ1) is 10.1. The van der Waals surface area contributed by atoms with E-state index in [2.05, 4.69) is 15.5 Å². The number of nitrogens with one attached hydrogen (secondary N) is 1. The van der Waals surface area contributed by atoms with E-state index in [-0.39, 0.29) is 17.4 Å². The van der Waals surface area contributed by atoms with Crippen LogP contribution >= 0.6 is 11.6 Å². The van der Waals surface area contributed by atoms with Crippen LogP contribution in [0.25, 0.3) is 0 Å². The second-order valence-electron chi connectivity index (χ2n) is 3.92. The van der Waals surface area contributed by atoms with Crippen molar-refractivity contribution in [1.29, 1.82) is 0 Å². The van der Waals surface area contributed by atoms with E-state index in [1.54, 1.807) is 12.1 Å². The van der Waals surface area contributed by atoms with Gasteiger partial charge in [0.2, 0.25) is 0 Å². The lowest BCUT2D eigenvalue weighted by Gasteiger charge is -2.08. The predicted molar refractivity (Wildman–Crippen MR) is 74.3 cm³/mol. The molecule has 0 saturated carbocycles. The molecule has 1 heterocycles. The predicted octanol–water partition coefficient (Wildman–Crippen LogP) is 2.58. The fourth-order valence-corrected chi connectivity index (χ4v) is 1.64. The number of anilines is 1. The number of hydrogen-bond donors (Lipinski definition) is 2. The van der Waals surface area contributed by atoms with E-state index in [1.807, 2.05) is 18.2 Å². The Morgan fingerprint density at radius 2 is 1.95 bits per heavy atom. The molecular weight excluding hydrogens is 298 g/mol. The average molecular weight is 308 g/mol. The molecule has 0 aliphatic rings. The summed E-state index contributed by atoms with van der Waals surface area (Å²) in [4.78, 5) is 22.6. The summed E-state index contributed by atoms with van der Waals surface area (Å²) in [5, 5.41) is 18.0. The molecule has 2 aromatic rings. The summed E-state index contributed by atoms with van der Waals surface area (Å²) in [7, 11) is 0. The van der Waals surface area contributed by atoms with Crippen LogP contribution < -0.4 is 5.32 Å². The number of halogens is 1. The van der Waals surface area contributed by atoms with Gasteiger partial charge in [0.15, 0.2) is 10.8 Å². The molecule has 108 valence electrons. The van der Waals surface area contributed by atoms with Crippen LogP contribution in [-0.2, 0) is 11.3 Å². The molecule has 0 bridgehead atoms. The van der Waals surface area contributed by atoms with Gasteiger partial charge in [-0.3, -0.25) is 5.32 Å². The fourth-order valence-electron chi connectivity index (χ4n) is 1.49. The number of benzene rings is 1. The van der Waals surface area contributed by atoms with Gasteiger partial charge in [-0.2, -0.15) is 0 Å². The van der Waals surface area contributed by atoms with Crippen LogP contribution in [0.5, 0.6) is 0 Å². The first-order valence-electron chi connectivity index (χ1n) is 5.80. The quantitative estimate of drug-likeness (QED) is 0.900. The molecule has 1 amide bonds. The maximum absolute atomic E-state index is 11.7. The second-order valence-corrected chi connectivity index (χ2v) is 4.31. The van der Waals surface area contributed by atoms with Gasteiger partial charge in [0.1, 0.15) is 6.61 Å². The normalized spacial score (nSPS) is 9.95. The van der Waals surface area contributed by atoms with Crippen molar-refractivity contribution in [3.05, 3.63) is 52.8 Å². The minimum absolute atomic E-state index is 0.0432. The van der Waals surface area contributed by atoms with Gasteiger partial charge in [-0.05, 0) is 5.56 Å². The number of aromatic carboxylic acids is 1. The SMILES string of the molecule is O=C(Nc1cc(Cl)nnc1C(=O)O)OCc1ccccc1. The second kappa shape index (κ2) is 6.67. The molecule has 2 rings (SSSR count). The third kappa shape index (κ3) is 4.15. The molecule has 0 unspecified atom stereocenters. The van der Waals surface area contributed by atoms with Crippen molar-refractivity contribution >= 4 is 29.4 Å². The Bertz CT molecular complexity index is 664. The van der Waals surface area contributed by atoms with Crippen LogP contribution in [0.1, 0.15) is 16.1 Å². The lowest BCUT2D eigenvalue weighted by atomic mass is 10.2. The molecule has 0 radical (unpaired) electrons. The maximum atomic E-state index is 11.7. The smallest absolute Gasteiger partial charge is 0.412 e. The number of amides is 1. The number of carbonyl (C=O) groups excluding carboxylic acids is 1. The highest BCUT2D eigenvalue weighted by Gasteiger charge is 2.16. The van der Waals surface area contributed by atoms with Crippen LogP contribution in [0.2, 0.25) is 5.15 Å². The highest BCUT2D eigenvalue weighted by Crippen LogP contribution is 2.17. The van der Waals surface area contributed by atoms with E-state index in [4.69, 9.17) is 21.4 Å². The molecule has 0 saturated heterocycles. The Hall–Kier alpha value is -2.67. The summed E-state index contributed by atoms with van der Waals surface area (Å²) in [6.45, 7) is 0.0569. The fraction of sp³-hybridized carbons (Fsp3) is 0.0769. The van der Waals surface area contributed by atoms with Gasteiger partial charge in [0, 0.05) is 6.07 Å². The number of nitrogens with zero attached hydrogens (tertiary/aromatic N) is 2. The average Bonchev–Trinajstić information content (AvgIpc) is 2.46. The molecular formula is C13H10ClN3O4. The van der Waals surface area contributed by atoms with Crippen LogP contribution in [0, 0.1) is 0 Å². The molecule has 0 spiro atoms. The summed E-state index contributed by atoms with van der Waals surface area (Å²) in [5.41, 5.74) is 0.300. The highest BCUT2D eigenvalue weighted by molar-refractivity contribution is 6.29. The van der Waals surface area contributed by atoms with Crippen LogP contribution in [0.4, 0.5) is 10.5 Å². The van der Waals surface area contributed by atoms with Crippen LogP contribution in [-0.4, -0.2) is 27.4 Å². The third-order valence-electron chi connectivity index (χ3n) is 2.42. The van der Waals surface area contributed by atoms with Crippen LogP contribution in [0.15, 0.2) is 36.4 Å². The molecule has 0 fully saturated rings. The minimum Gasteiger partial charge on any atom is -0.476 e. The zero-order valence-electron chi connectivity index (χ0n) is 10.6. The molecule has 0 aliphatic heterocycles. The summed E-state index contributed by atoms with van der Waals surface area (Å²) >= 11 is 5.62. The lowest BCUT2D eigenvalue weighted by Crippen LogP contribution is -2.17. The van der Waals surface area contributed by atoms with Gasteiger partial charge < -0.3 is 9.84 Å². The van der Waals surface area contributed by atoms with E-state index in [0.29, 0.717) is 0 Å². The van der Waals surface area contributed by atoms with E-state index >= 15 is 0 Å². The molecule has 0 aliphatic carbocycles. The summed E-state index contributed by atoms with van der Waals surface area (Å²) in [6, 6.07) is 10.2. The zero-order valence-corrected chi connectivity index (χ0v) is 11.4. The van der Waals surface area contributed by atoms with Gasteiger partial charge in [-0.1, -0.05) is 41.9 Å². The zero-order chi connectivity index (χ0) is 15.2. The van der Waals surface area contributed by atoms with Crippen molar-refractivity contribution in [3.8, 4) is 0 Å². The summed E-state index contributed by atoms with van der Waals surface area (Å²) in [5.74, 6) is -1.34. The Balaban J connectivity index is 2.02. The van der Waals surface area contributed by atoms with Crippen molar-refractivity contribution in [1.82, 2.24) is 10.2 Å². The maximum Gasteiger partial charge on any atom is 0.412 e. The van der Waals surface area contributed by atoms with Crippen molar-refractivity contribution < 1.29 is 19.4 Å². The first kappa shape index (κ1) is 14.7. The number of carbonyl (C=O) groups is 2. The lowest BCUT2D eigenvalue weighted by molar-refractivity contribution is 0.0690. The van der Waals surface area contributed by atoms with Crippen molar-refractivity contribution in [2.75, 3.05) is 5.32 Å². The Labute approximate surface area is 124 Å². The van der Waals surface area contributed by atoms with Crippen molar-refractivity contribution in [2.45, 2.75) is 6.61 Å². The molecule has 0 atom stereocenters. The Kier molecular flexibility index (Phi) is 4.68. The van der Waals surface area contributed by atoms with Crippen molar-refractivity contribution in [2.24, 2.45) is 0 Å². The van der Waals surface area contributed by atoms with E-state index in [1.165, 1.54) is 6.07 Å². The number of hydrogen-bond acceptors (Lipinski definition) is 5. The number of ether oxygens (including phenoxy) is 1. The first-order valence-corrected chi connectivity index (χ1v) is 6.18. The largest absolute Gasteiger partial charge is 0.476 e. The van der Waals surface area contributed by atoms with E-state index < -0.39 is 17.8 Å². The van der Waals surface area contributed by atoms with Gasteiger partial charge in [-0.25, -0.2) is 9.59 Å². The van der Waals surface area contributed by atoms with Crippen molar-refractivity contribution in [3.63, 3.8) is 0 Å². The van der Waals surface area contributed by atoms with Gasteiger partial charge in [0.05, 0.1) is 5.69 Å². The molecule has 1 aromatic carbocycles. The van der Waals surface area contributed by atoms with E-state index in [9.17, 15) is 9.59 Å². The standard InChI is InChI=1S/C13H10ClN3O4/c14-10-6-9(11(12(18)19)17-16-10)15-13(20)21-7-8-4-2-1-3-5-8/h1-6H,7H2,(H,18,19)(H,15,16,20). The molecule has 7 nitrogen and oxygen atoms in total. The molecule has 21 heavy (non-hydrogen) atoms. The topological polar surface area (TPSA) is 101 Å². The van der Waals surface area contributed by atoms with Gasteiger partial charge >= 0.3 is 12.1 Å². The number of rotatable bonds is 4. The molecule has 2 N–H and O–H groups in total. The number of carboxylic acids is 1. The Morgan fingerprint density at radius 3 is 2.62 bits per heavy atom. The minimum atomic E-state index is -1.34. The van der Waals surface area contributed by atoms with Crippen LogP contribution in [0.3, 0.4) is 0 Å². The summed E-state index contributed by atoms with van der Waals surface area (Å²) in [6.07, 6.45) is -0.814. The molecule has 8 heteroatoms.